The minimum absolute atomic E-state index is 0.152. The van der Waals surface area contributed by atoms with Crippen LogP contribution in [0.4, 0.5) is 5.69 Å². The normalized spacial score (nSPS) is 21.0. The van der Waals surface area contributed by atoms with E-state index in [0.717, 1.165) is 5.56 Å². The number of hydrogen-bond donors (Lipinski definition) is 1. The summed E-state index contributed by atoms with van der Waals surface area (Å²) >= 11 is 5.70. The highest BCUT2D eigenvalue weighted by atomic mass is 35.5. The lowest BCUT2D eigenvalue weighted by molar-refractivity contribution is -0.152. The van der Waals surface area contributed by atoms with Crippen molar-refractivity contribution in [1.29, 1.82) is 0 Å². The fourth-order valence-electron chi connectivity index (χ4n) is 3.26. The van der Waals surface area contributed by atoms with E-state index in [1.807, 2.05) is 6.92 Å². The lowest BCUT2D eigenvalue weighted by Gasteiger charge is -2.35. The van der Waals surface area contributed by atoms with Gasteiger partial charge in [0.1, 0.15) is 6.04 Å². The molecule has 1 unspecified atom stereocenters. The Labute approximate surface area is 139 Å². The fraction of sp³-hybridized carbons (Fsp3) is 0.438. The van der Waals surface area contributed by atoms with E-state index in [0.29, 0.717) is 37.2 Å². The molecule has 23 heavy (non-hydrogen) atoms. The third-order valence-corrected chi connectivity index (χ3v) is 4.61. The van der Waals surface area contributed by atoms with Crippen LogP contribution in [0.1, 0.15) is 42.1 Å². The third kappa shape index (κ3) is 2.57. The van der Waals surface area contributed by atoms with Crippen molar-refractivity contribution in [3.63, 3.8) is 0 Å². The van der Waals surface area contributed by atoms with Crippen molar-refractivity contribution in [3.8, 4) is 0 Å². The summed E-state index contributed by atoms with van der Waals surface area (Å²) in [5, 5.41) is 0. The van der Waals surface area contributed by atoms with Crippen LogP contribution in [0.5, 0.6) is 0 Å². The highest BCUT2D eigenvalue weighted by Crippen LogP contribution is 2.33. The predicted octanol–water partition coefficient (Wildman–Crippen LogP) is 2.14. The predicted molar refractivity (Wildman–Crippen MR) is 85.8 cm³/mol. The monoisotopic (exact) mass is 335 g/mol. The van der Waals surface area contributed by atoms with Gasteiger partial charge in [0.25, 0.3) is 11.8 Å². The smallest absolute Gasteiger partial charge is 0.255 e. The molecule has 0 bridgehead atoms. The van der Waals surface area contributed by atoms with E-state index in [9.17, 15) is 14.4 Å². The van der Waals surface area contributed by atoms with Gasteiger partial charge in [-0.1, -0.05) is 13.0 Å². The zero-order valence-corrected chi connectivity index (χ0v) is 13.6. The summed E-state index contributed by atoms with van der Waals surface area (Å²) in [5.41, 5.74) is 2.02. The average molecular weight is 336 g/mol. The third-order valence-electron chi connectivity index (χ3n) is 4.40. The minimum Gasteiger partial charge on any atom is -0.322 e. The van der Waals surface area contributed by atoms with Gasteiger partial charge in [-0.05, 0) is 25.0 Å². The number of imide groups is 1. The molecule has 2 heterocycles. The van der Waals surface area contributed by atoms with E-state index in [1.165, 1.54) is 4.90 Å². The van der Waals surface area contributed by atoms with E-state index in [1.54, 1.807) is 23.1 Å². The number of carbonyl (C=O) groups excluding carboxylic acids is 3. The highest BCUT2D eigenvalue weighted by Gasteiger charge is 2.42. The van der Waals surface area contributed by atoms with Crippen molar-refractivity contribution in [2.75, 3.05) is 11.4 Å². The van der Waals surface area contributed by atoms with Crippen molar-refractivity contribution in [1.82, 2.24) is 9.80 Å². The number of nitrogens with one attached hydrogen (secondary N) is 1. The van der Waals surface area contributed by atoms with Gasteiger partial charge in [0, 0.05) is 42.4 Å². The first-order valence-corrected chi connectivity index (χ1v) is 8.10. The van der Waals surface area contributed by atoms with Crippen LogP contribution in [0.2, 0.25) is 0 Å². The molecule has 2 aliphatic rings. The first-order chi connectivity index (χ1) is 11.1. The van der Waals surface area contributed by atoms with E-state index in [2.05, 4.69) is 4.84 Å². The number of anilines is 1. The standard InChI is InChI=1S/C16H18ClN3O3/c1-2-8-19-14(21)7-6-13(16(19)23)20-9-11-10(15(20)22)4-3-5-12(11)18-17/h3-5,13,18H,2,6-9H2,1H3. The molecule has 0 radical (unpaired) electrons. The largest absolute Gasteiger partial charge is 0.322 e. The van der Waals surface area contributed by atoms with Crippen molar-refractivity contribution >= 4 is 35.2 Å². The van der Waals surface area contributed by atoms with Crippen molar-refractivity contribution in [3.05, 3.63) is 29.3 Å². The number of amides is 3. The molecule has 1 N–H and O–H groups in total. The van der Waals surface area contributed by atoms with E-state index in [4.69, 9.17) is 11.8 Å². The second kappa shape index (κ2) is 6.20. The zero-order chi connectivity index (χ0) is 16.6. The number of nitrogens with zero attached hydrogens (tertiary/aromatic N) is 2. The number of benzene rings is 1. The molecule has 1 aromatic carbocycles. The lowest BCUT2D eigenvalue weighted by Crippen LogP contribution is -2.54. The van der Waals surface area contributed by atoms with Crippen molar-refractivity contribution in [2.24, 2.45) is 0 Å². The quantitative estimate of drug-likeness (QED) is 0.676. The summed E-state index contributed by atoms with van der Waals surface area (Å²) in [6.07, 6.45) is 1.37. The van der Waals surface area contributed by atoms with Gasteiger partial charge in [0.2, 0.25) is 5.91 Å². The summed E-state index contributed by atoms with van der Waals surface area (Å²) in [6.45, 7) is 2.64. The van der Waals surface area contributed by atoms with Crippen LogP contribution in [0.25, 0.3) is 0 Å². The van der Waals surface area contributed by atoms with Gasteiger partial charge < -0.3 is 4.90 Å². The molecule has 7 heteroatoms. The average Bonchev–Trinajstić information content (AvgIpc) is 2.88. The molecule has 1 saturated heterocycles. The minimum atomic E-state index is -0.581. The van der Waals surface area contributed by atoms with Crippen LogP contribution in [-0.4, -0.2) is 40.1 Å². The van der Waals surface area contributed by atoms with Gasteiger partial charge in [-0.15, -0.1) is 0 Å². The molecule has 122 valence electrons. The van der Waals surface area contributed by atoms with Gasteiger partial charge >= 0.3 is 0 Å². The summed E-state index contributed by atoms with van der Waals surface area (Å²) in [6, 6.07) is 4.69. The van der Waals surface area contributed by atoms with Gasteiger partial charge in [-0.25, -0.2) is 0 Å². The summed E-state index contributed by atoms with van der Waals surface area (Å²) in [7, 11) is 0. The SMILES string of the molecule is CCCN1C(=O)CCC(N2Cc3c(NCl)cccc3C2=O)C1=O. The Morgan fingerprint density at radius 1 is 1.30 bits per heavy atom. The summed E-state index contributed by atoms with van der Waals surface area (Å²) in [4.78, 5) is 42.6. The first-order valence-electron chi connectivity index (χ1n) is 7.72. The Bertz CT molecular complexity index is 677. The number of likely N-dealkylation sites (tertiary alicyclic amines) is 1. The van der Waals surface area contributed by atoms with Gasteiger partial charge in [-0.2, -0.15) is 0 Å². The van der Waals surface area contributed by atoms with Crippen LogP contribution in [0.3, 0.4) is 0 Å². The molecule has 3 rings (SSSR count). The molecule has 1 fully saturated rings. The second-order valence-electron chi connectivity index (χ2n) is 5.80. The molecule has 2 aliphatic heterocycles. The van der Waals surface area contributed by atoms with E-state index in [-0.39, 0.29) is 24.1 Å². The zero-order valence-electron chi connectivity index (χ0n) is 12.8. The van der Waals surface area contributed by atoms with Crippen LogP contribution in [-0.2, 0) is 16.1 Å². The fourth-order valence-corrected chi connectivity index (χ4v) is 3.44. The van der Waals surface area contributed by atoms with Crippen LogP contribution >= 0.6 is 11.8 Å². The summed E-state index contributed by atoms with van der Waals surface area (Å²) < 4.78 is 0. The Hall–Kier alpha value is -2.08. The van der Waals surface area contributed by atoms with E-state index >= 15 is 0 Å². The number of halogens is 1. The molecule has 6 nitrogen and oxygen atoms in total. The highest BCUT2D eigenvalue weighted by molar-refractivity contribution is 6.24. The second-order valence-corrected chi connectivity index (χ2v) is 5.99. The maximum Gasteiger partial charge on any atom is 0.255 e. The molecule has 0 aromatic heterocycles. The first kappa shape index (κ1) is 15.8. The molecule has 3 amide bonds. The van der Waals surface area contributed by atoms with Gasteiger partial charge in [-0.3, -0.25) is 24.1 Å². The van der Waals surface area contributed by atoms with E-state index < -0.39 is 6.04 Å². The molecular weight excluding hydrogens is 318 g/mol. The summed E-state index contributed by atoms with van der Waals surface area (Å²) in [5.74, 6) is -0.608. The Morgan fingerprint density at radius 3 is 2.78 bits per heavy atom. The van der Waals surface area contributed by atoms with Crippen molar-refractivity contribution in [2.45, 2.75) is 38.8 Å². The molecule has 0 saturated carbocycles. The van der Waals surface area contributed by atoms with Crippen LogP contribution in [0.15, 0.2) is 18.2 Å². The Morgan fingerprint density at radius 2 is 2.09 bits per heavy atom. The maximum absolute atomic E-state index is 12.7. The molecule has 0 aliphatic carbocycles. The van der Waals surface area contributed by atoms with Gasteiger partial charge in [0.05, 0.1) is 5.69 Å². The van der Waals surface area contributed by atoms with Gasteiger partial charge in [0.15, 0.2) is 0 Å². The topological polar surface area (TPSA) is 69.7 Å². The number of hydrogen-bond acceptors (Lipinski definition) is 4. The number of fused-ring (bicyclic) bond motifs is 1. The Balaban J connectivity index is 1.87. The molecule has 0 spiro atoms. The molecule has 1 atom stereocenters. The van der Waals surface area contributed by atoms with Crippen LogP contribution < -0.4 is 4.84 Å². The Kier molecular flexibility index (Phi) is 4.26. The maximum atomic E-state index is 12.7. The van der Waals surface area contributed by atoms with Crippen LogP contribution in [0, 0.1) is 0 Å². The number of carbonyl (C=O) groups is 3. The number of piperidine rings is 1. The molecular formula is C16H18ClN3O3. The number of rotatable bonds is 4. The lowest BCUT2D eigenvalue weighted by atomic mass is 10.0. The van der Waals surface area contributed by atoms with Crippen molar-refractivity contribution < 1.29 is 14.4 Å². The molecule has 1 aromatic rings.